The lowest BCUT2D eigenvalue weighted by Gasteiger charge is -2.12. The van der Waals surface area contributed by atoms with Gasteiger partial charge in [0.2, 0.25) is 0 Å². The Labute approximate surface area is 150 Å². The molecular weight excluding hydrogens is 334 g/mol. The van der Waals surface area contributed by atoms with E-state index in [4.69, 9.17) is 11.6 Å². The van der Waals surface area contributed by atoms with E-state index in [1.165, 1.54) is 0 Å². The molecule has 2 aromatic carbocycles. The minimum atomic E-state index is 0.629. The van der Waals surface area contributed by atoms with Gasteiger partial charge in [0.05, 0.1) is 16.9 Å². The molecule has 0 aliphatic carbocycles. The maximum Gasteiger partial charge on any atom is 0.137 e. The van der Waals surface area contributed by atoms with Crippen molar-refractivity contribution in [3.05, 3.63) is 77.3 Å². The molecule has 4 aromatic rings. The predicted molar refractivity (Wildman–Crippen MR) is 100 cm³/mol. The van der Waals surface area contributed by atoms with Gasteiger partial charge >= 0.3 is 0 Å². The third-order valence-corrected chi connectivity index (χ3v) is 4.24. The summed E-state index contributed by atoms with van der Waals surface area (Å²) in [5, 5.41) is 9.52. The number of rotatable bonds is 4. The number of fused-ring (bicyclic) bond motifs is 1. The van der Waals surface area contributed by atoms with Crippen molar-refractivity contribution >= 4 is 28.3 Å². The fourth-order valence-electron chi connectivity index (χ4n) is 2.78. The average Bonchev–Trinajstić information content (AvgIpc) is 3.06. The third kappa shape index (κ3) is 3.19. The quantitative estimate of drug-likeness (QED) is 0.593. The average molecular weight is 350 g/mol. The zero-order valence-corrected chi connectivity index (χ0v) is 14.4. The highest BCUT2D eigenvalue weighted by Gasteiger charge is 2.08. The van der Waals surface area contributed by atoms with Crippen LogP contribution in [0.1, 0.15) is 11.3 Å². The lowest BCUT2D eigenvalue weighted by molar-refractivity contribution is 0.848. The summed E-state index contributed by atoms with van der Waals surface area (Å²) >= 11 is 6.04. The Bertz CT molecular complexity index is 1040. The highest BCUT2D eigenvalue weighted by Crippen LogP contribution is 2.23. The fourth-order valence-corrected chi connectivity index (χ4v) is 2.95. The molecule has 5 nitrogen and oxygen atoms in total. The molecule has 0 bridgehead atoms. The number of nitrogens with one attached hydrogen (secondary N) is 1. The molecule has 0 unspecified atom stereocenters. The Morgan fingerprint density at radius 1 is 1.08 bits per heavy atom. The lowest BCUT2D eigenvalue weighted by atomic mass is 10.1. The highest BCUT2D eigenvalue weighted by atomic mass is 35.5. The first-order valence-corrected chi connectivity index (χ1v) is 8.33. The molecule has 0 saturated carbocycles. The Morgan fingerprint density at radius 3 is 2.80 bits per heavy atom. The number of hydrogen-bond acceptors (Lipinski definition) is 4. The Hall–Kier alpha value is -2.92. The summed E-state index contributed by atoms with van der Waals surface area (Å²) < 4.78 is 1.89. The van der Waals surface area contributed by atoms with E-state index < -0.39 is 0 Å². The molecule has 124 valence electrons. The van der Waals surface area contributed by atoms with Crippen molar-refractivity contribution in [1.82, 2.24) is 19.7 Å². The smallest absolute Gasteiger partial charge is 0.137 e. The molecule has 0 atom stereocenters. The second kappa shape index (κ2) is 6.53. The van der Waals surface area contributed by atoms with E-state index >= 15 is 0 Å². The van der Waals surface area contributed by atoms with Gasteiger partial charge in [-0.1, -0.05) is 29.8 Å². The van der Waals surface area contributed by atoms with Crippen molar-refractivity contribution in [2.24, 2.45) is 0 Å². The van der Waals surface area contributed by atoms with Crippen LogP contribution in [0.4, 0.5) is 5.82 Å². The van der Waals surface area contributed by atoms with Crippen molar-refractivity contribution in [2.45, 2.75) is 13.5 Å². The van der Waals surface area contributed by atoms with E-state index in [-0.39, 0.29) is 0 Å². The first-order chi connectivity index (χ1) is 12.2. The van der Waals surface area contributed by atoms with Crippen LogP contribution in [0.2, 0.25) is 5.02 Å². The van der Waals surface area contributed by atoms with Crippen molar-refractivity contribution in [2.75, 3.05) is 5.32 Å². The van der Waals surface area contributed by atoms with Crippen LogP contribution >= 0.6 is 11.6 Å². The summed E-state index contributed by atoms with van der Waals surface area (Å²) in [6.07, 6.45) is 3.51. The summed E-state index contributed by atoms with van der Waals surface area (Å²) in [5.41, 5.74) is 3.98. The van der Waals surface area contributed by atoms with Crippen LogP contribution in [0.5, 0.6) is 0 Å². The first-order valence-electron chi connectivity index (χ1n) is 7.95. The Kier molecular flexibility index (Phi) is 4.07. The third-order valence-electron chi connectivity index (χ3n) is 4.01. The number of hydrogen-bond donors (Lipinski definition) is 1. The van der Waals surface area contributed by atoms with Crippen molar-refractivity contribution in [1.29, 1.82) is 0 Å². The second-order valence-electron chi connectivity index (χ2n) is 5.77. The maximum atomic E-state index is 6.04. The monoisotopic (exact) mass is 349 g/mol. The van der Waals surface area contributed by atoms with Crippen LogP contribution in [-0.2, 0) is 6.54 Å². The molecular formula is C19H16ClN5. The first kappa shape index (κ1) is 15.6. The summed E-state index contributed by atoms with van der Waals surface area (Å²) in [7, 11) is 0. The minimum absolute atomic E-state index is 0.629. The maximum absolute atomic E-state index is 6.04. The van der Waals surface area contributed by atoms with E-state index in [1.807, 2.05) is 54.2 Å². The van der Waals surface area contributed by atoms with Crippen LogP contribution in [0, 0.1) is 6.92 Å². The molecule has 2 heterocycles. The Balaban J connectivity index is 1.65. The fraction of sp³-hybridized carbons (Fsp3) is 0.105. The number of halogens is 1. The number of anilines is 1. The SMILES string of the molecule is Cc1ccn(-c2ccccc2CNc2ncnc3cc(Cl)ccc23)n1. The Morgan fingerprint density at radius 2 is 1.96 bits per heavy atom. The van der Waals surface area contributed by atoms with Gasteiger partial charge in [-0.25, -0.2) is 14.6 Å². The van der Waals surface area contributed by atoms with Gasteiger partial charge in [-0.15, -0.1) is 0 Å². The summed E-state index contributed by atoms with van der Waals surface area (Å²) in [5.74, 6) is 0.785. The zero-order valence-electron chi connectivity index (χ0n) is 13.6. The minimum Gasteiger partial charge on any atom is -0.365 e. The summed E-state index contributed by atoms with van der Waals surface area (Å²) in [6, 6.07) is 15.8. The van der Waals surface area contributed by atoms with E-state index in [9.17, 15) is 0 Å². The second-order valence-corrected chi connectivity index (χ2v) is 6.20. The normalized spacial score (nSPS) is 11.0. The van der Waals surface area contributed by atoms with Crippen LogP contribution in [0.3, 0.4) is 0 Å². The number of nitrogens with zero attached hydrogens (tertiary/aromatic N) is 4. The topological polar surface area (TPSA) is 55.6 Å². The van der Waals surface area contributed by atoms with Gasteiger partial charge in [-0.05, 0) is 42.8 Å². The number of benzene rings is 2. The van der Waals surface area contributed by atoms with Gasteiger partial charge in [0.1, 0.15) is 12.1 Å². The molecule has 0 amide bonds. The van der Waals surface area contributed by atoms with Gasteiger partial charge in [0.25, 0.3) is 0 Å². The molecule has 0 aliphatic rings. The van der Waals surface area contributed by atoms with Crippen molar-refractivity contribution < 1.29 is 0 Å². The van der Waals surface area contributed by atoms with Crippen molar-refractivity contribution in [3.8, 4) is 5.69 Å². The van der Waals surface area contributed by atoms with E-state index in [0.717, 1.165) is 33.7 Å². The van der Waals surface area contributed by atoms with Gasteiger partial charge < -0.3 is 5.32 Å². The molecule has 1 N–H and O–H groups in total. The van der Waals surface area contributed by atoms with Crippen LogP contribution in [-0.4, -0.2) is 19.7 Å². The van der Waals surface area contributed by atoms with Gasteiger partial charge in [-0.2, -0.15) is 5.10 Å². The van der Waals surface area contributed by atoms with E-state index in [0.29, 0.717) is 11.6 Å². The summed E-state index contributed by atoms with van der Waals surface area (Å²) in [4.78, 5) is 8.65. The zero-order chi connectivity index (χ0) is 17.2. The van der Waals surface area contributed by atoms with Crippen LogP contribution in [0.25, 0.3) is 16.6 Å². The van der Waals surface area contributed by atoms with Crippen LogP contribution < -0.4 is 5.32 Å². The summed E-state index contributed by atoms with van der Waals surface area (Å²) in [6.45, 7) is 2.61. The van der Waals surface area contributed by atoms with Gasteiger partial charge in [0.15, 0.2) is 0 Å². The molecule has 0 aliphatic heterocycles. The van der Waals surface area contributed by atoms with E-state index in [2.05, 4.69) is 32.5 Å². The number of aryl methyl sites for hydroxylation is 1. The largest absolute Gasteiger partial charge is 0.365 e. The molecule has 4 rings (SSSR count). The highest BCUT2D eigenvalue weighted by molar-refractivity contribution is 6.31. The van der Waals surface area contributed by atoms with Gasteiger partial charge in [0, 0.05) is 23.2 Å². The molecule has 0 fully saturated rings. The van der Waals surface area contributed by atoms with E-state index in [1.54, 1.807) is 6.33 Å². The molecule has 0 saturated heterocycles. The molecule has 0 spiro atoms. The van der Waals surface area contributed by atoms with Gasteiger partial charge in [-0.3, -0.25) is 0 Å². The number of para-hydroxylation sites is 1. The molecule has 6 heteroatoms. The number of aromatic nitrogens is 4. The van der Waals surface area contributed by atoms with Crippen molar-refractivity contribution in [3.63, 3.8) is 0 Å². The lowest BCUT2D eigenvalue weighted by Crippen LogP contribution is -2.07. The molecule has 0 radical (unpaired) electrons. The molecule has 2 aromatic heterocycles. The molecule has 25 heavy (non-hydrogen) atoms. The predicted octanol–water partition coefficient (Wildman–Crippen LogP) is 4.39. The van der Waals surface area contributed by atoms with Crippen LogP contribution in [0.15, 0.2) is 61.1 Å². The standard InChI is InChI=1S/C19H16ClN5/c1-13-8-9-25(24-13)18-5-3-2-4-14(18)11-21-19-16-7-6-15(20)10-17(16)22-12-23-19/h2-10,12H,11H2,1H3,(H,21,22,23).